The van der Waals surface area contributed by atoms with Gasteiger partial charge in [0.25, 0.3) is 0 Å². The first-order chi connectivity index (χ1) is 18.9. The molecule has 7 heteroatoms. The van der Waals surface area contributed by atoms with Crippen LogP contribution in [0.5, 0.6) is 5.75 Å². The summed E-state index contributed by atoms with van der Waals surface area (Å²) in [4.78, 5) is 56.1. The lowest BCUT2D eigenvalue weighted by atomic mass is 9.59. The van der Waals surface area contributed by atoms with E-state index in [1.165, 1.54) is 6.08 Å². The van der Waals surface area contributed by atoms with Crippen molar-refractivity contribution in [1.82, 2.24) is 4.90 Å². The fourth-order valence-corrected chi connectivity index (χ4v) is 8.24. The minimum absolute atomic E-state index is 0.0542. The molecule has 1 aliphatic heterocycles. The summed E-state index contributed by atoms with van der Waals surface area (Å²) in [5.74, 6) is -2.76. The molecular formula is C32H28BrNO5. The zero-order chi connectivity index (χ0) is 27.0. The lowest BCUT2D eigenvalue weighted by molar-refractivity contribution is -0.143. The number of ketones is 2. The zero-order valence-corrected chi connectivity index (χ0v) is 22.9. The number of hydrogen-bond donors (Lipinski definition) is 1. The third kappa shape index (κ3) is 3.58. The van der Waals surface area contributed by atoms with Gasteiger partial charge in [0.15, 0.2) is 11.6 Å². The molecule has 6 nitrogen and oxygen atoms in total. The first-order valence-corrected chi connectivity index (χ1v) is 14.6. The van der Waals surface area contributed by atoms with Crippen LogP contribution >= 0.6 is 15.9 Å². The van der Waals surface area contributed by atoms with Crippen LogP contribution in [0.3, 0.4) is 0 Å². The molecule has 2 aromatic rings. The van der Waals surface area contributed by atoms with E-state index in [0.717, 1.165) is 43.1 Å². The molecule has 39 heavy (non-hydrogen) atoms. The molecule has 198 valence electrons. The monoisotopic (exact) mass is 585 g/mol. The maximum atomic E-state index is 14.0. The minimum atomic E-state index is -0.663. The van der Waals surface area contributed by atoms with Crippen LogP contribution in [-0.2, 0) is 19.2 Å². The molecule has 5 aliphatic rings. The molecule has 4 aliphatic carbocycles. The van der Waals surface area contributed by atoms with Crippen LogP contribution in [-0.4, -0.2) is 39.4 Å². The predicted molar refractivity (Wildman–Crippen MR) is 149 cm³/mol. The van der Waals surface area contributed by atoms with Crippen molar-refractivity contribution in [3.8, 4) is 5.75 Å². The van der Waals surface area contributed by atoms with Gasteiger partial charge in [-0.25, -0.2) is 0 Å². The van der Waals surface area contributed by atoms with E-state index in [4.69, 9.17) is 0 Å². The van der Waals surface area contributed by atoms with Crippen LogP contribution < -0.4 is 0 Å². The number of hydrogen-bond acceptors (Lipinski definition) is 5. The summed E-state index contributed by atoms with van der Waals surface area (Å²) < 4.78 is 0.199. The third-order valence-electron chi connectivity index (χ3n) is 9.55. The molecule has 0 bridgehead atoms. The number of nitrogens with zero attached hydrogens (tertiary/aromatic N) is 1. The molecule has 2 fully saturated rings. The summed E-state index contributed by atoms with van der Waals surface area (Å²) in [5, 5.41) is 13.0. The number of phenols is 1. The molecule has 0 aromatic heterocycles. The quantitative estimate of drug-likeness (QED) is 0.280. The number of allylic oxidation sites excluding steroid dienone is 6. The van der Waals surface area contributed by atoms with Gasteiger partial charge >= 0.3 is 0 Å². The van der Waals surface area contributed by atoms with Crippen LogP contribution in [0.15, 0.2) is 69.8 Å². The SMILES string of the molecule is O=C1C=C(Br)C(=O)C2=C1[C@@H](c1ccc3ccccc3c1O)C1=CC[C@@H]3C(=O)N(C4CCCCC4)C(=O)[C@@H]3[C@@H]1C2. The largest absolute Gasteiger partial charge is 0.507 e. The topological polar surface area (TPSA) is 91.8 Å². The van der Waals surface area contributed by atoms with Crippen molar-refractivity contribution in [3.63, 3.8) is 0 Å². The molecule has 0 spiro atoms. The van der Waals surface area contributed by atoms with Crippen LogP contribution in [0.4, 0.5) is 0 Å². The Hall–Kier alpha value is -3.32. The summed E-state index contributed by atoms with van der Waals surface area (Å²) in [6, 6.07) is 11.2. The molecule has 2 aromatic carbocycles. The second-order valence-corrected chi connectivity index (χ2v) is 12.3. The number of Topliss-reactive ketones (excluding diaryl/α,β-unsaturated/α-hetero) is 1. The standard InChI is InChI=1S/C32H28BrNO5/c33-24-15-25(35)28-23(30(24)37)14-22-19(26(28)20-11-10-16-6-4-5-9-18(16)29(20)36)12-13-21-27(22)32(39)34(31(21)38)17-7-2-1-3-8-17/h4-6,9-12,15,17,21-22,26-27,36H,1-3,7-8,13-14H2/t21-,22+,26+,27-/m0/s1. The van der Waals surface area contributed by atoms with Crippen LogP contribution in [0, 0.1) is 17.8 Å². The van der Waals surface area contributed by atoms with E-state index < -0.39 is 23.7 Å². The van der Waals surface area contributed by atoms with Gasteiger partial charge in [0.05, 0.1) is 16.3 Å². The van der Waals surface area contributed by atoms with Crippen molar-refractivity contribution in [3.05, 3.63) is 75.3 Å². The average molecular weight is 586 g/mol. The summed E-state index contributed by atoms with van der Waals surface area (Å²) in [7, 11) is 0. The first kappa shape index (κ1) is 24.7. The minimum Gasteiger partial charge on any atom is -0.507 e. The van der Waals surface area contributed by atoms with Gasteiger partial charge in [0, 0.05) is 40.1 Å². The number of rotatable bonds is 2. The number of halogens is 1. The Bertz CT molecular complexity index is 1580. The number of carbonyl (C=O) groups is 4. The maximum Gasteiger partial charge on any atom is 0.233 e. The summed E-state index contributed by atoms with van der Waals surface area (Å²) in [6.07, 6.45) is 8.81. The van der Waals surface area contributed by atoms with E-state index in [-0.39, 0.29) is 46.1 Å². The van der Waals surface area contributed by atoms with E-state index >= 15 is 0 Å². The molecule has 2 amide bonds. The molecule has 0 radical (unpaired) electrons. The van der Waals surface area contributed by atoms with E-state index in [1.807, 2.05) is 42.5 Å². The fraction of sp³-hybridized carbons (Fsp3) is 0.375. The molecule has 1 saturated heterocycles. The van der Waals surface area contributed by atoms with Gasteiger partial charge < -0.3 is 5.11 Å². The number of benzene rings is 2. The predicted octanol–water partition coefficient (Wildman–Crippen LogP) is 5.64. The fourth-order valence-electron chi connectivity index (χ4n) is 7.79. The lowest BCUT2D eigenvalue weighted by Gasteiger charge is -2.42. The highest BCUT2D eigenvalue weighted by atomic mass is 79.9. The number of imide groups is 1. The molecular weight excluding hydrogens is 558 g/mol. The van der Waals surface area contributed by atoms with E-state index in [0.29, 0.717) is 28.5 Å². The highest BCUT2D eigenvalue weighted by Crippen LogP contribution is 2.57. The molecule has 4 atom stereocenters. The molecule has 1 saturated carbocycles. The van der Waals surface area contributed by atoms with Gasteiger partial charge in [-0.3, -0.25) is 24.1 Å². The van der Waals surface area contributed by atoms with Crippen molar-refractivity contribution in [2.75, 3.05) is 0 Å². The van der Waals surface area contributed by atoms with Crippen molar-refractivity contribution in [1.29, 1.82) is 0 Å². The highest BCUT2D eigenvalue weighted by molar-refractivity contribution is 9.12. The Morgan fingerprint density at radius 3 is 2.46 bits per heavy atom. The number of fused-ring (bicyclic) bond motifs is 4. The smallest absolute Gasteiger partial charge is 0.233 e. The van der Waals surface area contributed by atoms with Crippen LogP contribution in [0.2, 0.25) is 0 Å². The Kier molecular flexibility index (Phi) is 5.78. The number of carbonyl (C=O) groups excluding carboxylic acids is 4. The Labute approximate surface area is 234 Å². The number of amides is 2. The van der Waals surface area contributed by atoms with Gasteiger partial charge in [-0.05, 0) is 52.9 Å². The van der Waals surface area contributed by atoms with Crippen LogP contribution in [0.1, 0.15) is 56.4 Å². The van der Waals surface area contributed by atoms with Gasteiger partial charge in [-0.2, -0.15) is 0 Å². The Balaban J connectivity index is 1.38. The van der Waals surface area contributed by atoms with Gasteiger partial charge in [-0.15, -0.1) is 0 Å². The Morgan fingerprint density at radius 2 is 1.67 bits per heavy atom. The van der Waals surface area contributed by atoms with Gasteiger partial charge in [0.1, 0.15) is 5.75 Å². The van der Waals surface area contributed by atoms with E-state index in [2.05, 4.69) is 15.9 Å². The maximum absolute atomic E-state index is 14.0. The summed E-state index contributed by atoms with van der Waals surface area (Å²) >= 11 is 3.27. The van der Waals surface area contributed by atoms with Crippen molar-refractivity contribution < 1.29 is 24.3 Å². The van der Waals surface area contributed by atoms with Gasteiger partial charge in [0.2, 0.25) is 11.8 Å². The number of aromatic hydroxyl groups is 1. The molecule has 0 unspecified atom stereocenters. The van der Waals surface area contributed by atoms with Gasteiger partial charge in [-0.1, -0.05) is 67.3 Å². The second kappa shape index (κ2) is 9.12. The summed E-state index contributed by atoms with van der Waals surface area (Å²) in [6.45, 7) is 0. The summed E-state index contributed by atoms with van der Waals surface area (Å²) in [5.41, 5.74) is 2.16. The first-order valence-electron chi connectivity index (χ1n) is 13.8. The van der Waals surface area contributed by atoms with Crippen molar-refractivity contribution >= 4 is 50.1 Å². The average Bonchev–Trinajstić information content (AvgIpc) is 3.21. The Morgan fingerprint density at radius 1 is 0.897 bits per heavy atom. The third-order valence-corrected chi connectivity index (χ3v) is 10.1. The van der Waals surface area contributed by atoms with E-state index in [9.17, 15) is 24.3 Å². The molecule has 1 N–H and O–H groups in total. The zero-order valence-electron chi connectivity index (χ0n) is 21.4. The van der Waals surface area contributed by atoms with Crippen molar-refractivity contribution in [2.45, 2.75) is 56.9 Å². The highest BCUT2D eigenvalue weighted by Gasteiger charge is 2.57. The molecule has 1 heterocycles. The van der Waals surface area contributed by atoms with Crippen LogP contribution in [0.25, 0.3) is 10.8 Å². The molecule has 7 rings (SSSR count). The number of likely N-dealkylation sites (tertiary alicyclic amines) is 1. The van der Waals surface area contributed by atoms with Crippen molar-refractivity contribution in [2.24, 2.45) is 17.8 Å². The van der Waals surface area contributed by atoms with E-state index in [1.54, 1.807) is 4.90 Å². The lowest BCUT2D eigenvalue weighted by Crippen LogP contribution is -2.43. The number of phenolic OH excluding ortho intramolecular Hbond substituents is 1. The normalized spacial score (nSPS) is 29.3. The second-order valence-electron chi connectivity index (χ2n) is 11.5.